The van der Waals surface area contributed by atoms with Crippen molar-refractivity contribution in [2.24, 2.45) is 0 Å². The Kier molecular flexibility index (Phi) is 5.31. The van der Waals surface area contributed by atoms with Gasteiger partial charge in [0.05, 0.1) is 12.2 Å². The molecule has 1 aliphatic rings. The Morgan fingerprint density at radius 3 is 2.61 bits per heavy atom. The van der Waals surface area contributed by atoms with Crippen molar-refractivity contribution >= 4 is 23.3 Å². The van der Waals surface area contributed by atoms with E-state index in [-0.39, 0.29) is 28.5 Å². The summed E-state index contributed by atoms with van der Waals surface area (Å²) in [5.41, 5.74) is 0.477. The largest absolute Gasteiger partial charge is 0.508 e. The van der Waals surface area contributed by atoms with E-state index in [4.69, 9.17) is 21.2 Å². The highest BCUT2D eigenvalue weighted by atomic mass is 35.5. The number of fused-ring (bicyclic) bond motifs is 1. The van der Waals surface area contributed by atoms with Crippen LogP contribution >= 0.6 is 11.6 Å². The SMILES string of the molecule is CC(=O)C(=O)N(C)OC1(O)c2c(O)cc(O)cc2COC1c1ccccc1Cl. The molecule has 0 saturated carbocycles. The monoisotopic (exact) mass is 407 g/mol. The molecule has 2 atom stereocenters. The fraction of sp³-hybridized carbons (Fsp3) is 0.263. The second-order valence-electron chi connectivity index (χ2n) is 6.36. The number of phenols is 2. The van der Waals surface area contributed by atoms with Crippen molar-refractivity contribution in [2.45, 2.75) is 25.4 Å². The molecule has 0 fully saturated rings. The minimum atomic E-state index is -2.42. The summed E-state index contributed by atoms with van der Waals surface area (Å²) in [7, 11) is 1.15. The number of aliphatic hydroxyl groups is 1. The van der Waals surface area contributed by atoms with Gasteiger partial charge in [0.25, 0.3) is 5.79 Å². The van der Waals surface area contributed by atoms with Crippen LogP contribution in [-0.2, 0) is 31.6 Å². The van der Waals surface area contributed by atoms with Crippen LogP contribution in [0.15, 0.2) is 36.4 Å². The average molecular weight is 408 g/mol. The maximum absolute atomic E-state index is 12.0. The van der Waals surface area contributed by atoms with Gasteiger partial charge in [-0.1, -0.05) is 29.8 Å². The van der Waals surface area contributed by atoms with Crippen LogP contribution in [0.4, 0.5) is 0 Å². The van der Waals surface area contributed by atoms with Crippen LogP contribution in [0.3, 0.4) is 0 Å². The van der Waals surface area contributed by atoms with E-state index in [1.165, 1.54) is 6.07 Å². The summed E-state index contributed by atoms with van der Waals surface area (Å²) in [4.78, 5) is 28.9. The van der Waals surface area contributed by atoms with Crippen LogP contribution in [0.25, 0.3) is 0 Å². The van der Waals surface area contributed by atoms with Gasteiger partial charge in [-0.05, 0) is 17.7 Å². The van der Waals surface area contributed by atoms with E-state index < -0.39 is 29.3 Å². The summed E-state index contributed by atoms with van der Waals surface area (Å²) in [6, 6.07) is 8.84. The average Bonchev–Trinajstić information content (AvgIpc) is 2.61. The maximum atomic E-state index is 12.0. The molecule has 2 aromatic rings. The number of aromatic hydroxyl groups is 2. The Balaban J connectivity index is 2.17. The molecule has 3 N–H and O–H groups in total. The molecule has 2 unspecified atom stereocenters. The summed E-state index contributed by atoms with van der Waals surface area (Å²) < 4.78 is 5.73. The molecule has 0 aliphatic carbocycles. The standard InChI is InChI=1S/C19H18ClNO7/c1-10(22)18(25)21(2)28-19(26)16-11(7-12(23)8-15(16)24)9-27-17(19)13-5-3-4-6-14(13)20/h3-8,17,23-24,26H,9H2,1-2H3. The summed E-state index contributed by atoms with van der Waals surface area (Å²) in [5, 5.41) is 32.5. The van der Waals surface area contributed by atoms with Gasteiger partial charge in [0.1, 0.15) is 17.6 Å². The number of hydrogen-bond donors (Lipinski definition) is 3. The predicted molar refractivity (Wildman–Crippen MR) is 97.2 cm³/mol. The number of hydroxylamine groups is 2. The number of carbonyl (C=O) groups is 2. The third kappa shape index (κ3) is 3.43. The normalized spacial score (nSPS) is 21.1. The van der Waals surface area contributed by atoms with Gasteiger partial charge in [0, 0.05) is 30.6 Å². The Labute approximate surface area is 165 Å². The minimum Gasteiger partial charge on any atom is -0.508 e. The van der Waals surface area contributed by atoms with E-state index in [9.17, 15) is 24.9 Å². The van der Waals surface area contributed by atoms with Gasteiger partial charge in [-0.25, -0.2) is 9.90 Å². The molecule has 28 heavy (non-hydrogen) atoms. The van der Waals surface area contributed by atoms with Gasteiger partial charge in [0.2, 0.25) is 5.78 Å². The van der Waals surface area contributed by atoms with E-state index in [0.29, 0.717) is 10.6 Å². The highest BCUT2D eigenvalue weighted by Crippen LogP contribution is 2.50. The maximum Gasteiger partial charge on any atom is 0.313 e. The molecular weight excluding hydrogens is 390 g/mol. The van der Waals surface area contributed by atoms with E-state index in [0.717, 1.165) is 20.0 Å². The van der Waals surface area contributed by atoms with E-state index >= 15 is 0 Å². The van der Waals surface area contributed by atoms with Crippen LogP contribution in [-0.4, -0.2) is 39.1 Å². The molecule has 148 valence electrons. The fourth-order valence-electron chi connectivity index (χ4n) is 3.17. The summed E-state index contributed by atoms with van der Waals surface area (Å²) in [6.45, 7) is 0.974. The number of ketones is 1. The molecule has 9 heteroatoms. The van der Waals surface area contributed by atoms with Crippen molar-refractivity contribution in [3.05, 3.63) is 58.1 Å². The molecule has 1 heterocycles. The van der Waals surface area contributed by atoms with Crippen LogP contribution in [0.1, 0.15) is 29.7 Å². The highest BCUT2D eigenvalue weighted by molar-refractivity contribution is 6.34. The number of halogens is 1. The van der Waals surface area contributed by atoms with Crippen LogP contribution < -0.4 is 0 Å². The zero-order valence-electron chi connectivity index (χ0n) is 15.0. The minimum absolute atomic E-state index is 0.0801. The van der Waals surface area contributed by atoms with Crippen molar-refractivity contribution in [1.82, 2.24) is 5.06 Å². The molecule has 2 aromatic carbocycles. The number of Topliss-reactive ketones (excluding diaryl/α,β-unsaturated/α-hetero) is 1. The topological polar surface area (TPSA) is 117 Å². The molecule has 3 rings (SSSR count). The number of amides is 1. The molecule has 8 nitrogen and oxygen atoms in total. The lowest BCUT2D eigenvalue weighted by molar-refractivity contribution is -0.364. The molecule has 1 amide bonds. The lowest BCUT2D eigenvalue weighted by atomic mass is 9.88. The van der Waals surface area contributed by atoms with Gasteiger partial charge in [-0.3, -0.25) is 9.59 Å². The van der Waals surface area contributed by atoms with Gasteiger partial charge < -0.3 is 20.1 Å². The number of phenolic OH excluding ortho intramolecular Hbond substituents is 2. The van der Waals surface area contributed by atoms with E-state index in [1.807, 2.05) is 0 Å². The first-order valence-electron chi connectivity index (χ1n) is 8.26. The summed E-state index contributed by atoms with van der Waals surface area (Å²) in [5.74, 6) is -4.96. The first-order chi connectivity index (χ1) is 13.1. The van der Waals surface area contributed by atoms with Crippen molar-refractivity contribution in [3.63, 3.8) is 0 Å². The second-order valence-corrected chi connectivity index (χ2v) is 6.77. The van der Waals surface area contributed by atoms with Gasteiger partial charge in [-0.15, -0.1) is 0 Å². The number of rotatable bonds is 4. The molecule has 0 aromatic heterocycles. The van der Waals surface area contributed by atoms with E-state index in [2.05, 4.69) is 0 Å². The van der Waals surface area contributed by atoms with Crippen LogP contribution in [0.2, 0.25) is 5.02 Å². The second kappa shape index (κ2) is 7.40. The Morgan fingerprint density at radius 1 is 1.29 bits per heavy atom. The van der Waals surface area contributed by atoms with Crippen molar-refractivity contribution in [1.29, 1.82) is 0 Å². The number of nitrogens with zero attached hydrogens (tertiary/aromatic N) is 1. The lowest BCUT2D eigenvalue weighted by Gasteiger charge is -2.42. The predicted octanol–water partition coefficient (Wildman–Crippen LogP) is 2.15. The van der Waals surface area contributed by atoms with Crippen molar-refractivity contribution in [3.8, 4) is 11.5 Å². The highest BCUT2D eigenvalue weighted by Gasteiger charge is 2.51. The van der Waals surface area contributed by atoms with Gasteiger partial charge in [0.15, 0.2) is 0 Å². The molecule has 1 aliphatic heterocycles. The zero-order valence-corrected chi connectivity index (χ0v) is 15.8. The molecule has 0 bridgehead atoms. The molecule has 0 radical (unpaired) electrons. The number of likely N-dealkylation sites (N-methyl/N-ethyl adjacent to an activating group) is 1. The molecule has 0 spiro atoms. The van der Waals surface area contributed by atoms with Gasteiger partial charge >= 0.3 is 5.91 Å². The van der Waals surface area contributed by atoms with Crippen molar-refractivity contribution < 1.29 is 34.5 Å². The smallest absolute Gasteiger partial charge is 0.313 e. The third-order valence-corrected chi connectivity index (χ3v) is 4.70. The number of ether oxygens (including phenoxy) is 1. The van der Waals surface area contributed by atoms with Crippen molar-refractivity contribution in [2.75, 3.05) is 7.05 Å². The lowest BCUT2D eigenvalue weighted by Crippen LogP contribution is -2.48. The quantitative estimate of drug-likeness (QED) is 0.404. The Hall–Kier alpha value is -2.65. The Morgan fingerprint density at radius 2 is 1.96 bits per heavy atom. The first kappa shape index (κ1) is 20.1. The molecule has 0 saturated heterocycles. The number of hydrogen-bond acceptors (Lipinski definition) is 7. The number of carbonyl (C=O) groups excluding carboxylic acids is 2. The number of benzene rings is 2. The van der Waals surface area contributed by atoms with E-state index in [1.54, 1.807) is 24.3 Å². The molecular formula is C19H18ClNO7. The first-order valence-corrected chi connectivity index (χ1v) is 8.64. The zero-order chi connectivity index (χ0) is 20.6. The third-order valence-electron chi connectivity index (χ3n) is 4.35. The van der Waals surface area contributed by atoms with Crippen LogP contribution in [0, 0.1) is 0 Å². The summed E-state index contributed by atoms with van der Waals surface area (Å²) >= 11 is 6.24. The Bertz CT molecular complexity index is 948. The fourth-order valence-corrected chi connectivity index (χ4v) is 3.40. The van der Waals surface area contributed by atoms with Gasteiger partial charge in [-0.2, -0.15) is 0 Å². The summed E-state index contributed by atoms with van der Waals surface area (Å²) in [6.07, 6.45) is -1.24. The van der Waals surface area contributed by atoms with Crippen LogP contribution in [0.5, 0.6) is 11.5 Å².